The lowest BCUT2D eigenvalue weighted by molar-refractivity contribution is 0.340. The van der Waals surface area contributed by atoms with E-state index in [1.54, 1.807) is 6.92 Å². The van der Waals surface area contributed by atoms with Gasteiger partial charge in [-0.05, 0) is 50.2 Å². The molecule has 1 saturated heterocycles. The van der Waals surface area contributed by atoms with Crippen LogP contribution < -0.4 is 14.8 Å². The zero-order chi connectivity index (χ0) is 17.6. The molecule has 1 fully saturated rings. The van der Waals surface area contributed by atoms with E-state index >= 15 is 0 Å². The molecule has 1 aromatic rings. The Bertz CT molecular complexity index is 730. The van der Waals surface area contributed by atoms with Crippen LogP contribution in [-0.4, -0.2) is 54.1 Å². The summed E-state index contributed by atoms with van der Waals surface area (Å²) in [4.78, 5) is 0.176. The second-order valence-corrected chi connectivity index (χ2v) is 9.89. The number of piperidine rings is 1. The maximum absolute atomic E-state index is 12.3. The van der Waals surface area contributed by atoms with Crippen LogP contribution in [0.2, 0.25) is 0 Å². The van der Waals surface area contributed by atoms with Gasteiger partial charge in [0, 0.05) is 11.8 Å². The summed E-state index contributed by atoms with van der Waals surface area (Å²) >= 11 is 0. The van der Waals surface area contributed by atoms with Gasteiger partial charge in [0.2, 0.25) is 10.0 Å². The van der Waals surface area contributed by atoms with Crippen LogP contribution >= 0.6 is 12.4 Å². The van der Waals surface area contributed by atoms with Gasteiger partial charge in [0.1, 0.15) is 12.4 Å². The number of sulfone groups is 1. The maximum Gasteiger partial charge on any atom is 0.240 e. The number of rotatable bonds is 8. The Morgan fingerprint density at radius 3 is 2.28 bits per heavy atom. The third kappa shape index (κ3) is 7.10. The summed E-state index contributed by atoms with van der Waals surface area (Å²) in [5.41, 5.74) is 0. The largest absolute Gasteiger partial charge is 0.493 e. The fraction of sp³-hybridized carbons (Fsp3) is 0.600. The van der Waals surface area contributed by atoms with Crippen LogP contribution in [0, 0.1) is 0 Å². The molecule has 0 atom stereocenters. The van der Waals surface area contributed by atoms with Crippen molar-refractivity contribution in [2.45, 2.75) is 30.7 Å². The molecule has 1 aliphatic rings. The summed E-state index contributed by atoms with van der Waals surface area (Å²) in [7, 11) is -6.63. The highest BCUT2D eigenvalue weighted by Gasteiger charge is 2.21. The Morgan fingerprint density at radius 1 is 1.12 bits per heavy atom. The first kappa shape index (κ1) is 22.2. The van der Waals surface area contributed by atoms with E-state index in [0.717, 1.165) is 25.9 Å². The van der Waals surface area contributed by atoms with E-state index in [1.807, 2.05) is 0 Å². The van der Waals surface area contributed by atoms with Gasteiger partial charge < -0.3 is 10.1 Å². The lowest BCUT2D eigenvalue weighted by Gasteiger charge is -2.23. The van der Waals surface area contributed by atoms with Crippen molar-refractivity contribution in [1.29, 1.82) is 0 Å². The van der Waals surface area contributed by atoms with Crippen molar-refractivity contribution in [3.8, 4) is 5.75 Å². The van der Waals surface area contributed by atoms with Gasteiger partial charge in [-0.25, -0.2) is 21.6 Å². The Hall–Kier alpha value is -0.870. The highest BCUT2D eigenvalue weighted by Crippen LogP contribution is 2.17. The molecule has 1 aliphatic heterocycles. The highest BCUT2D eigenvalue weighted by molar-refractivity contribution is 7.91. The van der Waals surface area contributed by atoms with E-state index in [0.29, 0.717) is 5.75 Å². The summed E-state index contributed by atoms with van der Waals surface area (Å²) in [6.07, 6.45) is 1.54. The normalized spacial score (nSPS) is 16.2. The zero-order valence-corrected chi connectivity index (χ0v) is 16.6. The molecule has 7 nitrogen and oxygen atoms in total. The van der Waals surface area contributed by atoms with Crippen molar-refractivity contribution < 1.29 is 21.6 Å². The second-order valence-electron chi connectivity index (χ2n) is 5.70. The number of sulfonamides is 1. The topological polar surface area (TPSA) is 102 Å². The quantitative estimate of drug-likeness (QED) is 0.659. The first-order valence-electron chi connectivity index (χ1n) is 7.99. The number of hydrogen-bond donors (Lipinski definition) is 2. The molecule has 0 aliphatic carbocycles. The van der Waals surface area contributed by atoms with Crippen molar-refractivity contribution in [2.24, 2.45) is 0 Å². The molecule has 1 heterocycles. The number of ether oxygens (including phenoxy) is 1. The average molecular weight is 413 g/mol. The lowest BCUT2D eigenvalue weighted by atomic mass is 10.1. The molecule has 0 aromatic heterocycles. The Labute approximate surface area is 155 Å². The number of nitrogens with one attached hydrogen (secondary N) is 2. The molecule has 0 unspecified atom stereocenters. The van der Waals surface area contributed by atoms with Crippen LogP contribution in [0.15, 0.2) is 29.2 Å². The van der Waals surface area contributed by atoms with Crippen molar-refractivity contribution in [3.63, 3.8) is 0 Å². The fourth-order valence-corrected chi connectivity index (χ4v) is 4.30. The van der Waals surface area contributed by atoms with Crippen LogP contribution in [-0.2, 0) is 19.9 Å². The lowest BCUT2D eigenvalue weighted by Crippen LogP contribution is -2.42. The third-order valence-corrected chi connectivity index (χ3v) is 7.10. The van der Waals surface area contributed by atoms with Crippen LogP contribution in [0.5, 0.6) is 5.75 Å². The molecule has 0 bridgehead atoms. The van der Waals surface area contributed by atoms with E-state index < -0.39 is 19.9 Å². The molecule has 1 aromatic carbocycles. The number of benzene rings is 1. The van der Waals surface area contributed by atoms with Gasteiger partial charge in [-0.15, -0.1) is 12.4 Å². The highest BCUT2D eigenvalue weighted by atomic mass is 35.5. The SMILES string of the molecule is CCS(=O)(=O)CCOc1ccc(S(=O)(=O)NC2CCNCC2)cc1.Cl. The Morgan fingerprint density at radius 2 is 1.72 bits per heavy atom. The second kappa shape index (κ2) is 9.72. The minimum atomic E-state index is -3.55. The molecule has 144 valence electrons. The van der Waals surface area contributed by atoms with Gasteiger partial charge >= 0.3 is 0 Å². The monoisotopic (exact) mass is 412 g/mol. The van der Waals surface area contributed by atoms with E-state index in [9.17, 15) is 16.8 Å². The van der Waals surface area contributed by atoms with E-state index in [2.05, 4.69) is 10.0 Å². The molecule has 25 heavy (non-hydrogen) atoms. The fourth-order valence-electron chi connectivity index (χ4n) is 2.37. The minimum Gasteiger partial charge on any atom is -0.493 e. The molecule has 2 N–H and O–H groups in total. The molecule has 0 amide bonds. The summed E-state index contributed by atoms with van der Waals surface area (Å²) in [5, 5.41) is 3.19. The van der Waals surface area contributed by atoms with Crippen LogP contribution in [0.4, 0.5) is 0 Å². The number of halogens is 1. The van der Waals surface area contributed by atoms with Crippen LogP contribution in [0.3, 0.4) is 0 Å². The molecular formula is C15H25ClN2O5S2. The minimum absolute atomic E-state index is 0. The van der Waals surface area contributed by atoms with E-state index in [-0.39, 0.29) is 41.5 Å². The third-order valence-electron chi connectivity index (χ3n) is 3.90. The van der Waals surface area contributed by atoms with Crippen molar-refractivity contribution in [1.82, 2.24) is 10.0 Å². The molecular weight excluding hydrogens is 388 g/mol. The standard InChI is InChI=1S/C15H24N2O5S2.ClH/c1-2-23(18,19)12-11-22-14-3-5-15(6-4-14)24(20,21)17-13-7-9-16-10-8-13;/h3-6,13,16-17H,2,7-12H2,1H3;1H. The van der Waals surface area contributed by atoms with E-state index in [1.165, 1.54) is 24.3 Å². The Kier molecular flexibility index (Phi) is 8.62. The predicted molar refractivity (Wildman–Crippen MR) is 99.7 cm³/mol. The zero-order valence-electron chi connectivity index (χ0n) is 14.1. The summed E-state index contributed by atoms with van der Waals surface area (Å²) in [6.45, 7) is 3.25. The molecule has 10 heteroatoms. The molecule has 0 radical (unpaired) electrons. The number of hydrogen-bond acceptors (Lipinski definition) is 6. The summed E-state index contributed by atoms with van der Waals surface area (Å²) < 4.78 is 55.5. The van der Waals surface area contributed by atoms with Crippen molar-refractivity contribution in [3.05, 3.63) is 24.3 Å². The van der Waals surface area contributed by atoms with E-state index in [4.69, 9.17) is 4.74 Å². The van der Waals surface area contributed by atoms with Gasteiger partial charge in [0.05, 0.1) is 10.6 Å². The molecule has 0 spiro atoms. The molecule has 0 saturated carbocycles. The van der Waals surface area contributed by atoms with Gasteiger partial charge in [0.25, 0.3) is 0 Å². The maximum atomic E-state index is 12.3. The smallest absolute Gasteiger partial charge is 0.240 e. The first-order valence-corrected chi connectivity index (χ1v) is 11.3. The van der Waals surface area contributed by atoms with Crippen molar-refractivity contribution in [2.75, 3.05) is 31.2 Å². The molecule has 2 rings (SSSR count). The average Bonchev–Trinajstić information content (AvgIpc) is 2.56. The van der Waals surface area contributed by atoms with Gasteiger partial charge in [0.15, 0.2) is 9.84 Å². The van der Waals surface area contributed by atoms with Crippen LogP contribution in [0.25, 0.3) is 0 Å². The van der Waals surface area contributed by atoms with Crippen LogP contribution in [0.1, 0.15) is 19.8 Å². The van der Waals surface area contributed by atoms with Crippen molar-refractivity contribution >= 4 is 32.3 Å². The summed E-state index contributed by atoms with van der Waals surface area (Å²) in [5.74, 6) is 0.471. The van der Waals surface area contributed by atoms with Gasteiger partial charge in [-0.3, -0.25) is 0 Å². The van der Waals surface area contributed by atoms with Gasteiger partial charge in [-0.2, -0.15) is 0 Å². The summed E-state index contributed by atoms with van der Waals surface area (Å²) in [6, 6.07) is 5.96. The Balaban J connectivity index is 0.00000312. The predicted octanol–water partition coefficient (Wildman–Crippen LogP) is 0.952. The first-order chi connectivity index (χ1) is 11.3. The van der Waals surface area contributed by atoms with Gasteiger partial charge in [-0.1, -0.05) is 6.92 Å².